The lowest BCUT2D eigenvalue weighted by Gasteiger charge is -2.11. The molecule has 28 heavy (non-hydrogen) atoms. The summed E-state index contributed by atoms with van der Waals surface area (Å²) in [4.78, 5) is 10.2. The topological polar surface area (TPSA) is 64.4 Å². The standard InChI is InChI=1S/C20H15Cl2FN2O3/c21-17-10-15(4-7-19(17)23)24-11-14-3-8-20(18(22)9-14)28-12-13-1-5-16(6-2-13)25(26)27/h1-10,24H,11-12H2. The van der Waals surface area contributed by atoms with Gasteiger partial charge < -0.3 is 10.1 Å². The van der Waals surface area contributed by atoms with E-state index >= 15 is 0 Å². The molecule has 0 amide bonds. The number of nitrogens with zero attached hydrogens (tertiary/aromatic N) is 1. The lowest BCUT2D eigenvalue weighted by atomic mass is 10.2. The molecule has 0 aliphatic heterocycles. The highest BCUT2D eigenvalue weighted by Crippen LogP contribution is 2.27. The maximum atomic E-state index is 13.2. The van der Waals surface area contributed by atoms with Crippen molar-refractivity contribution in [3.63, 3.8) is 0 Å². The van der Waals surface area contributed by atoms with Gasteiger partial charge in [0.1, 0.15) is 18.2 Å². The summed E-state index contributed by atoms with van der Waals surface area (Å²) in [5.74, 6) is 0.0402. The smallest absolute Gasteiger partial charge is 0.269 e. The molecule has 0 saturated heterocycles. The van der Waals surface area contributed by atoms with Crippen molar-refractivity contribution in [3.8, 4) is 5.75 Å². The number of non-ortho nitro benzene ring substituents is 1. The number of benzene rings is 3. The van der Waals surface area contributed by atoms with Crippen LogP contribution in [0.4, 0.5) is 15.8 Å². The summed E-state index contributed by atoms with van der Waals surface area (Å²) >= 11 is 12.0. The lowest BCUT2D eigenvalue weighted by molar-refractivity contribution is -0.384. The summed E-state index contributed by atoms with van der Waals surface area (Å²) in [6.45, 7) is 0.716. The third kappa shape index (κ3) is 5.12. The van der Waals surface area contributed by atoms with Gasteiger partial charge in [-0.15, -0.1) is 0 Å². The molecule has 0 bridgehead atoms. The van der Waals surface area contributed by atoms with Crippen LogP contribution in [-0.4, -0.2) is 4.92 Å². The van der Waals surface area contributed by atoms with Gasteiger partial charge >= 0.3 is 0 Å². The Balaban J connectivity index is 1.58. The first-order valence-electron chi connectivity index (χ1n) is 8.26. The van der Waals surface area contributed by atoms with Crippen molar-refractivity contribution < 1.29 is 14.1 Å². The van der Waals surface area contributed by atoms with Crippen molar-refractivity contribution in [3.05, 3.63) is 97.8 Å². The Morgan fingerprint density at radius 2 is 1.68 bits per heavy atom. The zero-order valence-corrected chi connectivity index (χ0v) is 16.0. The summed E-state index contributed by atoms with van der Waals surface area (Å²) in [6.07, 6.45) is 0. The van der Waals surface area contributed by atoms with Crippen molar-refractivity contribution in [2.45, 2.75) is 13.2 Å². The van der Waals surface area contributed by atoms with Crippen LogP contribution in [0.15, 0.2) is 60.7 Å². The van der Waals surface area contributed by atoms with Crippen molar-refractivity contribution in [2.75, 3.05) is 5.32 Å². The molecule has 3 rings (SSSR count). The second-order valence-electron chi connectivity index (χ2n) is 5.96. The van der Waals surface area contributed by atoms with Gasteiger partial charge in [-0.05, 0) is 53.6 Å². The zero-order valence-electron chi connectivity index (χ0n) is 14.5. The highest BCUT2D eigenvalue weighted by molar-refractivity contribution is 6.32. The minimum absolute atomic E-state index is 0.0288. The molecule has 5 nitrogen and oxygen atoms in total. The number of hydrogen-bond donors (Lipinski definition) is 1. The molecule has 0 heterocycles. The minimum atomic E-state index is -0.468. The van der Waals surface area contributed by atoms with Gasteiger partial charge in [-0.3, -0.25) is 10.1 Å². The highest BCUT2D eigenvalue weighted by Gasteiger charge is 2.07. The molecule has 3 aromatic rings. The molecule has 0 fully saturated rings. The number of anilines is 1. The van der Waals surface area contributed by atoms with Crippen LogP contribution in [-0.2, 0) is 13.2 Å². The van der Waals surface area contributed by atoms with Gasteiger partial charge in [-0.25, -0.2) is 4.39 Å². The minimum Gasteiger partial charge on any atom is -0.487 e. The van der Waals surface area contributed by atoms with Crippen LogP contribution in [0.2, 0.25) is 10.0 Å². The number of rotatable bonds is 7. The van der Waals surface area contributed by atoms with E-state index in [0.29, 0.717) is 23.0 Å². The summed E-state index contributed by atoms with van der Waals surface area (Å²) in [5, 5.41) is 14.3. The number of ether oxygens (including phenoxy) is 1. The van der Waals surface area contributed by atoms with Gasteiger partial charge in [0.2, 0.25) is 0 Å². The van der Waals surface area contributed by atoms with Crippen LogP contribution in [0.1, 0.15) is 11.1 Å². The van der Waals surface area contributed by atoms with Crippen LogP contribution in [0.5, 0.6) is 5.75 Å². The predicted octanol–water partition coefficient (Wildman–Crippen LogP) is 6.23. The van der Waals surface area contributed by atoms with Crippen molar-refractivity contribution >= 4 is 34.6 Å². The van der Waals surface area contributed by atoms with Gasteiger partial charge in [0, 0.05) is 24.4 Å². The van der Waals surface area contributed by atoms with Crippen molar-refractivity contribution in [1.82, 2.24) is 0 Å². The molecular weight excluding hydrogens is 406 g/mol. The first kappa shape index (κ1) is 19.9. The fraction of sp³-hybridized carbons (Fsp3) is 0.100. The number of nitrogens with one attached hydrogen (secondary N) is 1. The van der Waals surface area contributed by atoms with Crippen LogP contribution in [0, 0.1) is 15.9 Å². The number of hydrogen-bond acceptors (Lipinski definition) is 4. The summed E-state index contributed by atoms with van der Waals surface area (Å²) in [5.41, 5.74) is 2.43. The Morgan fingerprint density at radius 1 is 0.964 bits per heavy atom. The molecule has 0 saturated carbocycles. The fourth-order valence-electron chi connectivity index (χ4n) is 2.46. The van der Waals surface area contributed by atoms with E-state index in [1.807, 2.05) is 6.07 Å². The van der Waals surface area contributed by atoms with Crippen LogP contribution >= 0.6 is 23.2 Å². The second-order valence-corrected chi connectivity index (χ2v) is 6.77. The molecule has 0 atom stereocenters. The average Bonchev–Trinajstić information content (AvgIpc) is 2.68. The maximum Gasteiger partial charge on any atom is 0.269 e. The Bertz CT molecular complexity index is 997. The number of nitro groups is 1. The molecule has 0 aromatic heterocycles. The van der Waals surface area contributed by atoms with Crippen molar-refractivity contribution in [2.24, 2.45) is 0 Å². The van der Waals surface area contributed by atoms with Gasteiger partial charge in [-0.2, -0.15) is 0 Å². The van der Waals surface area contributed by atoms with Gasteiger partial charge in [-0.1, -0.05) is 29.3 Å². The van der Waals surface area contributed by atoms with E-state index in [9.17, 15) is 14.5 Å². The van der Waals surface area contributed by atoms with Gasteiger partial charge in [0.25, 0.3) is 5.69 Å². The lowest BCUT2D eigenvalue weighted by Crippen LogP contribution is -2.01. The van der Waals surface area contributed by atoms with E-state index in [1.54, 1.807) is 30.3 Å². The quantitative estimate of drug-likeness (QED) is 0.363. The molecule has 1 N–H and O–H groups in total. The highest BCUT2D eigenvalue weighted by atomic mass is 35.5. The van der Waals surface area contributed by atoms with E-state index in [2.05, 4.69) is 5.32 Å². The maximum absolute atomic E-state index is 13.2. The predicted molar refractivity (Wildman–Crippen MR) is 108 cm³/mol. The Morgan fingerprint density at radius 3 is 2.32 bits per heavy atom. The zero-order chi connectivity index (χ0) is 20.1. The van der Waals surface area contributed by atoms with E-state index in [-0.39, 0.29) is 17.3 Å². The molecule has 0 unspecified atom stereocenters. The summed E-state index contributed by atoms with van der Waals surface area (Å²) in [7, 11) is 0. The second kappa shape index (κ2) is 8.91. The first-order valence-corrected chi connectivity index (χ1v) is 9.01. The molecule has 0 aliphatic carbocycles. The third-order valence-corrected chi connectivity index (χ3v) is 4.54. The van der Waals surface area contributed by atoms with E-state index in [4.69, 9.17) is 27.9 Å². The van der Waals surface area contributed by atoms with Crippen LogP contribution in [0.3, 0.4) is 0 Å². The molecule has 0 radical (unpaired) electrons. The van der Waals surface area contributed by atoms with E-state index < -0.39 is 10.7 Å². The SMILES string of the molecule is O=[N+]([O-])c1ccc(COc2ccc(CNc3ccc(F)c(Cl)c3)cc2Cl)cc1. The van der Waals surface area contributed by atoms with Crippen LogP contribution < -0.4 is 10.1 Å². The Labute approximate surface area is 170 Å². The fourth-order valence-corrected chi connectivity index (χ4v) is 2.89. The molecular formula is C20H15Cl2FN2O3. The Kier molecular flexibility index (Phi) is 6.34. The molecule has 8 heteroatoms. The average molecular weight is 421 g/mol. The van der Waals surface area contributed by atoms with Gasteiger partial charge in [0.05, 0.1) is 15.0 Å². The Hall–Kier alpha value is -2.83. The van der Waals surface area contributed by atoms with E-state index in [1.165, 1.54) is 24.3 Å². The van der Waals surface area contributed by atoms with Crippen molar-refractivity contribution in [1.29, 1.82) is 0 Å². The normalized spacial score (nSPS) is 10.5. The molecule has 0 spiro atoms. The van der Waals surface area contributed by atoms with Crippen LogP contribution in [0.25, 0.3) is 0 Å². The molecule has 0 aliphatic rings. The van der Waals surface area contributed by atoms with Gasteiger partial charge in [0.15, 0.2) is 0 Å². The third-order valence-electron chi connectivity index (χ3n) is 3.95. The largest absolute Gasteiger partial charge is 0.487 e. The van der Waals surface area contributed by atoms with E-state index in [0.717, 1.165) is 11.1 Å². The molecule has 144 valence electrons. The summed E-state index contributed by atoms with van der Waals surface area (Å²) in [6, 6.07) is 15.9. The summed E-state index contributed by atoms with van der Waals surface area (Å²) < 4.78 is 18.9. The molecule has 3 aromatic carbocycles. The number of halogens is 3. The number of nitro benzene ring substituents is 1. The first-order chi connectivity index (χ1) is 13.4. The monoisotopic (exact) mass is 420 g/mol.